The average molecular weight is 401 g/mol. The van der Waals surface area contributed by atoms with Gasteiger partial charge in [0.05, 0.1) is 0 Å². The van der Waals surface area contributed by atoms with Gasteiger partial charge in [-0.25, -0.2) is 0 Å². The van der Waals surface area contributed by atoms with Gasteiger partial charge in [-0.15, -0.1) is 0 Å². The highest BCUT2D eigenvalue weighted by atomic mass is 14.6. The van der Waals surface area contributed by atoms with Crippen molar-refractivity contribution < 1.29 is 0 Å². The molecule has 0 heterocycles. The Labute approximate surface area is 183 Å². The van der Waals surface area contributed by atoms with Gasteiger partial charge in [0.1, 0.15) is 0 Å². The van der Waals surface area contributed by atoms with Crippen LogP contribution in [0.15, 0.2) is 0 Å². The van der Waals surface area contributed by atoms with E-state index in [2.05, 4.69) is 55.4 Å². The molecule has 29 heavy (non-hydrogen) atoms. The summed E-state index contributed by atoms with van der Waals surface area (Å²) in [6, 6.07) is 0. The molecule has 4 aliphatic rings. The quantitative estimate of drug-likeness (QED) is 0.434. The van der Waals surface area contributed by atoms with Gasteiger partial charge in [0.2, 0.25) is 0 Å². The van der Waals surface area contributed by atoms with Crippen LogP contribution in [0.4, 0.5) is 0 Å². The van der Waals surface area contributed by atoms with E-state index < -0.39 is 0 Å². The van der Waals surface area contributed by atoms with Crippen LogP contribution in [0.5, 0.6) is 0 Å². The molecule has 4 saturated carbocycles. The minimum atomic E-state index is 0.501. The molecule has 8 atom stereocenters. The standard InChI is InChI=1S/C29H52/c1-27(2,3)19-13-14-21(17-19)29(7,8)26-23-12-10-9-11-22(23)25-18-20(28(4,5)6)15-16-24(25)26/h19-26H,9-18H2,1-8H3. The number of fused-ring (bicyclic) bond motifs is 3. The van der Waals surface area contributed by atoms with Crippen LogP contribution in [0.1, 0.15) is 120 Å². The van der Waals surface area contributed by atoms with E-state index in [1.807, 2.05) is 0 Å². The van der Waals surface area contributed by atoms with Crippen LogP contribution in [-0.4, -0.2) is 0 Å². The number of rotatable bonds is 2. The summed E-state index contributed by atoms with van der Waals surface area (Å²) in [5.74, 6) is 8.13. The van der Waals surface area contributed by atoms with Gasteiger partial charge >= 0.3 is 0 Å². The molecule has 168 valence electrons. The van der Waals surface area contributed by atoms with Crippen molar-refractivity contribution in [3.05, 3.63) is 0 Å². The first kappa shape index (κ1) is 22.2. The molecule has 8 unspecified atom stereocenters. The van der Waals surface area contributed by atoms with Crippen LogP contribution >= 0.6 is 0 Å². The maximum absolute atomic E-state index is 2.73. The predicted octanol–water partition coefficient (Wildman–Crippen LogP) is 8.99. The van der Waals surface area contributed by atoms with Crippen molar-refractivity contribution in [2.45, 2.75) is 120 Å². The molecule has 0 radical (unpaired) electrons. The Morgan fingerprint density at radius 2 is 0.931 bits per heavy atom. The van der Waals surface area contributed by atoms with Crippen molar-refractivity contribution in [2.75, 3.05) is 0 Å². The van der Waals surface area contributed by atoms with Gasteiger partial charge in [-0.1, -0.05) is 68.2 Å². The number of hydrogen-bond acceptors (Lipinski definition) is 0. The molecule has 0 aliphatic heterocycles. The van der Waals surface area contributed by atoms with Gasteiger partial charge in [-0.3, -0.25) is 0 Å². The van der Waals surface area contributed by atoms with Crippen LogP contribution in [0.3, 0.4) is 0 Å². The lowest BCUT2D eigenvalue weighted by molar-refractivity contribution is 0.0151. The Morgan fingerprint density at radius 1 is 0.448 bits per heavy atom. The molecule has 0 N–H and O–H groups in total. The third kappa shape index (κ3) is 3.98. The molecular weight excluding hydrogens is 348 g/mol. The fraction of sp³-hybridized carbons (Fsp3) is 1.00. The van der Waals surface area contributed by atoms with Gasteiger partial charge < -0.3 is 0 Å². The second-order valence-electron chi connectivity index (χ2n) is 14.7. The molecule has 4 fully saturated rings. The second kappa shape index (κ2) is 7.55. The molecule has 0 aromatic heterocycles. The van der Waals surface area contributed by atoms with E-state index in [0.717, 1.165) is 47.3 Å². The largest absolute Gasteiger partial charge is 0.0599 e. The molecule has 0 aromatic carbocycles. The zero-order chi connectivity index (χ0) is 21.2. The second-order valence-corrected chi connectivity index (χ2v) is 14.7. The van der Waals surface area contributed by atoms with Crippen LogP contribution in [-0.2, 0) is 0 Å². The average Bonchev–Trinajstić information content (AvgIpc) is 3.24. The SMILES string of the molecule is CC(C)(C)C1CCC2C(C1)C1CCCCC1C2C(C)(C)C1CCC(C(C)(C)C)C1. The summed E-state index contributed by atoms with van der Waals surface area (Å²) in [6.07, 6.45) is 15.3. The summed E-state index contributed by atoms with van der Waals surface area (Å²) in [5.41, 5.74) is 1.56. The van der Waals surface area contributed by atoms with Crippen molar-refractivity contribution in [3.63, 3.8) is 0 Å². The molecule has 0 spiro atoms. The lowest BCUT2D eigenvalue weighted by atomic mass is 9.58. The first-order chi connectivity index (χ1) is 13.4. The van der Waals surface area contributed by atoms with Gasteiger partial charge in [0.15, 0.2) is 0 Å². The summed E-state index contributed by atoms with van der Waals surface area (Å²) >= 11 is 0. The summed E-state index contributed by atoms with van der Waals surface area (Å²) in [7, 11) is 0. The lowest BCUT2D eigenvalue weighted by Gasteiger charge is -2.47. The van der Waals surface area contributed by atoms with Crippen LogP contribution in [0, 0.1) is 63.6 Å². The molecule has 0 heteroatoms. The first-order valence-corrected chi connectivity index (χ1v) is 13.4. The summed E-state index contributed by atoms with van der Waals surface area (Å²) < 4.78 is 0. The minimum absolute atomic E-state index is 0.501. The van der Waals surface area contributed by atoms with E-state index in [-0.39, 0.29) is 0 Å². The molecule has 4 rings (SSSR count). The Bertz CT molecular complexity index is 570. The van der Waals surface area contributed by atoms with Crippen LogP contribution < -0.4 is 0 Å². The van der Waals surface area contributed by atoms with E-state index in [0.29, 0.717) is 16.2 Å². The monoisotopic (exact) mass is 400 g/mol. The van der Waals surface area contributed by atoms with Crippen LogP contribution in [0.25, 0.3) is 0 Å². The topological polar surface area (TPSA) is 0 Å². The molecular formula is C29H52. The van der Waals surface area contributed by atoms with E-state index in [1.54, 1.807) is 25.7 Å². The molecule has 0 amide bonds. The van der Waals surface area contributed by atoms with Crippen molar-refractivity contribution in [3.8, 4) is 0 Å². The highest BCUT2D eigenvalue weighted by Crippen LogP contribution is 2.66. The van der Waals surface area contributed by atoms with E-state index in [1.165, 1.54) is 38.5 Å². The minimum Gasteiger partial charge on any atom is -0.0599 e. The maximum Gasteiger partial charge on any atom is -0.0292 e. The van der Waals surface area contributed by atoms with Crippen molar-refractivity contribution in [2.24, 2.45) is 63.6 Å². The lowest BCUT2D eigenvalue weighted by Crippen LogP contribution is -2.40. The third-order valence-corrected chi connectivity index (χ3v) is 11.1. The fourth-order valence-electron chi connectivity index (χ4n) is 9.26. The van der Waals surface area contributed by atoms with Gasteiger partial charge in [-0.2, -0.15) is 0 Å². The molecule has 0 aromatic rings. The maximum atomic E-state index is 2.73. The summed E-state index contributed by atoms with van der Waals surface area (Å²) in [6.45, 7) is 20.5. The first-order valence-electron chi connectivity index (χ1n) is 13.4. The van der Waals surface area contributed by atoms with Crippen molar-refractivity contribution in [1.82, 2.24) is 0 Å². The van der Waals surface area contributed by atoms with E-state index >= 15 is 0 Å². The van der Waals surface area contributed by atoms with Gasteiger partial charge in [0, 0.05) is 0 Å². The summed E-state index contributed by atoms with van der Waals surface area (Å²) in [5, 5.41) is 0. The smallest absolute Gasteiger partial charge is 0.0292 e. The number of hydrogen-bond donors (Lipinski definition) is 0. The van der Waals surface area contributed by atoms with Crippen LogP contribution in [0.2, 0.25) is 0 Å². The Hall–Kier alpha value is 0. The molecule has 0 saturated heterocycles. The van der Waals surface area contributed by atoms with Gasteiger partial charge in [-0.05, 0) is 115 Å². The molecule has 0 bridgehead atoms. The summed E-state index contributed by atoms with van der Waals surface area (Å²) in [4.78, 5) is 0. The van der Waals surface area contributed by atoms with Gasteiger partial charge in [0.25, 0.3) is 0 Å². The predicted molar refractivity (Wildman–Crippen MR) is 127 cm³/mol. The Kier molecular flexibility index (Phi) is 5.78. The molecule has 0 nitrogen and oxygen atoms in total. The van der Waals surface area contributed by atoms with Crippen molar-refractivity contribution in [1.29, 1.82) is 0 Å². The van der Waals surface area contributed by atoms with Crippen molar-refractivity contribution >= 4 is 0 Å². The Morgan fingerprint density at radius 3 is 1.52 bits per heavy atom. The zero-order valence-electron chi connectivity index (χ0n) is 21.2. The normalized spacial score (nSPS) is 43.9. The fourth-order valence-corrected chi connectivity index (χ4v) is 9.26. The highest BCUT2D eigenvalue weighted by molar-refractivity contribution is 5.07. The molecule has 4 aliphatic carbocycles. The highest BCUT2D eigenvalue weighted by Gasteiger charge is 2.59. The van der Waals surface area contributed by atoms with E-state index in [4.69, 9.17) is 0 Å². The van der Waals surface area contributed by atoms with E-state index in [9.17, 15) is 0 Å². The Balaban J connectivity index is 1.58. The third-order valence-electron chi connectivity index (χ3n) is 11.1. The zero-order valence-corrected chi connectivity index (χ0v) is 21.2.